The van der Waals surface area contributed by atoms with Crippen LogP contribution in [-0.2, 0) is 4.74 Å². The number of likely N-dealkylation sites (N-methyl/N-ethyl adjacent to an activating group) is 1. The van der Waals surface area contributed by atoms with Gasteiger partial charge in [0.25, 0.3) is 0 Å². The maximum atomic E-state index is 5.65. The molecule has 0 bridgehead atoms. The molecule has 1 saturated carbocycles. The zero-order valence-electron chi connectivity index (χ0n) is 10.6. The fourth-order valence-corrected chi connectivity index (χ4v) is 2.50. The Morgan fingerprint density at radius 1 is 1.27 bits per heavy atom. The van der Waals surface area contributed by atoms with Crippen LogP contribution in [0.25, 0.3) is 0 Å². The molecule has 0 spiro atoms. The molecule has 1 atom stereocenters. The number of nitrogens with one attached hydrogen (secondary N) is 1. The normalized spacial score (nSPS) is 29.0. The molecule has 1 unspecified atom stereocenters. The standard InChI is InChI=1S/C13H27NO/c1-4-9-15-10-13(14-3)12-7-5-11(2)6-8-12/h11-14H,4-10H2,1-3H3. The first-order valence-electron chi connectivity index (χ1n) is 6.53. The average Bonchev–Trinajstić information content (AvgIpc) is 2.26. The lowest BCUT2D eigenvalue weighted by Crippen LogP contribution is -2.39. The van der Waals surface area contributed by atoms with Crippen molar-refractivity contribution in [3.63, 3.8) is 0 Å². The predicted molar refractivity (Wildman–Crippen MR) is 65.1 cm³/mol. The summed E-state index contributed by atoms with van der Waals surface area (Å²) in [5.41, 5.74) is 0. The van der Waals surface area contributed by atoms with Crippen molar-refractivity contribution in [2.45, 2.75) is 52.0 Å². The van der Waals surface area contributed by atoms with E-state index in [1.165, 1.54) is 25.7 Å². The molecule has 0 aromatic rings. The topological polar surface area (TPSA) is 21.3 Å². The SMILES string of the molecule is CCCOCC(NC)C1CCC(C)CC1. The molecular formula is C13H27NO. The van der Waals surface area contributed by atoms with E-state index in [4.69, 9.17) is 4.74 Å². The largest absolute Gasteiger partial charge is 0.380 e. The first-order chi connectivity index (χ1) is 7.27. The summed E-state index contributed by atoms with van der Waals surface area (Å²) in [6.07, 6.45) is 6.68. The molecule has 0 radical (unpaired) electrons. The third kappa shape index (κ3) is 4.52. The quantitative estimate of drug-likeness (QED) is 0.685. The molecule has 0 amide bonds. The lowest BCUT2D eigenvalue weighted by atomic mass is 9.79. The second kappa shape index (κ2) is 7.24. The fourth-order valence-electron chi connectivity index (χ4n) is 2.50. The molecule has 1 aliphatic rings. The fraction of sp³-hybridized carbons (Fsp3) is 1.00. The van der Waals surface area contributed by atoms with E-state index in [9.17, 15) is 0 Å². The summed E-state index contributed by atoms with van der Waals surface area (Å²) < 4.78 is 5.65. The molecule has 15 heavy (non-hydrogen) atoms. The van der Waals surface area contributed by atoms with E-state index in [1.54, 1.807) is 0 Å². The monoisotopic (exact) mass is 213 g/mol. The molecule has 0 aromatic heterocycles. The molecule has 2 heteroatoms. The summed E-state index contributed by atoms with van der Waals surface area (Å²) in [5, 5.41) is 3.42. The Hall–Kier alpha value is -0.0800. The summed E-state index contributed by atoms with van der Waals surface area (Å²) in [6, 6.07) is 0.573. The van der Waals surface area contributed by atoms with Crippen molar-refractivity contribution in [3.05, 3.63) is 0 Å². The van der Waals surface area contributed by atoms with Crippen LogP contribution in [0.4, 0.5) is 0 Å². The van der Waals surface area contributed by atoms with Crippen LogP contribution >= 0.6 is 0 Å². The lowest BCUT2D eigenvalue weighted by Gasteiger charge is -2.32. The van der Waals surface area contributed by atoms with E-state index in [2.05, 4.69) is 26.2 Å². The molecule has 1 N–H and O–H groups in total. The van der Waals surface area contributed by atoms with Crippen molar-refractivity contribution < 1.29 is 4.74 Å². The van der Waals surface area contributed by atoms with Crippen LogP contribution in [0.1, 0.15) is 46.0 Å². The van der Waals surface area contributed by atoms with Crippen molar-refractivity contribution in [2.24, 2.45) is 11.8 Å². The smallest absolute Gasteiger partial charge is 0.0622 e. The second-order valence-electron chi connectivity index (χ2n) is 4.99. The first-order valence-corrected chi connectivity index (χ1v) is 6.53. The minimum atomic E-state index is 0.573. The predicted octanol–water partition coefficient (Wildman–Crippen LogP) is 2.83. The Kier molecular flexibility index (Phi) is 6.26. The highest BCUT2D eigenvalue weighted by Crippen LogP contribution is 2.30. The molecule has 90 valence electrons. The molecule has 0 saturated heterocycles. The van der Waals surface area contributed by atoms with Crippen molar-refractivity contribution in [1.29, 1.82) is 0 Å². The zero-order valence-corrected chi connectivity index (χ0v) is 10.6. The maximum Gasteiger partial charge on any atom is 0.0622 e. The van der Waals surface area contributed by atoms with Gasteiger partial charge in [0.2, 0.25) is 0 Å². The number of hydrogen-bond donors (Lipinski definition) is 1. The van der Waals surface area contributed by atoms with Gasteiger partial charge in [0, 0.05) is 12.6 Å². The van der Waals surface area contributed by atoms with Crippen molar-refractivity contribution >= 4 is 0 Å². The van der Waals surface area contributed by atoms with Gasteiger partial charge in [-0.3, -0.25) is 0 Å². The minimum absolute atomic E-state index is 0.573. The summed E-state index contributed by atoms with van der Waals surface area (Å²) in [7, 11) is 2.07. The Balaban J connectivity index is 2.24. The zero-order chi connectivity index (χ0) is 11.1. The minimum Gasteiger partial charge on any atom is -0.380 e. The van der Waals surface area contributed by atoms with Gasteiger partial charge in [-0.1, -0.05) is 26.7 Å². The maximum absolute atomic E-state index is 5.65. The van der Waals surface area contributed by atoms with Gasteiger partial charge in [0.15, 0.2) is 0 Å². The Morgan fingerprint density at radius 3 is 2.47 bits per heavy atom. The molecule has 1 rings (SSSR count). The van der Waals surface area contributed by atoms with Crippen LogP contribution in [0, 0.1) is 11.8 Å². The lowest BCUT2D eigenvalue weighted by molar-refractivity contribution is 0.0837. The van der Waals surface area contributed by atoms with Gasteiger partial charge in [-0.05, 0) is 38.1 Å². The van der Waals surface area contributed by atoms with Gasteiger partial charge in [0.1, 0.15) is 0 Å². The third-order valence-electron chi connectivity index (χ3n) is 3.65. The van der Waals surface area contributed by atoms with Gasteiger partial charge >= 0.3 is 0 Å². The van der Waals surface area contributed by atoms with Crippen LogP contribution in [0.15, 0.2) is 0 Å². The van der Waals surface area contributed by atoms with Crippen LogP contribution in [0.2, 0.25) is 0 Å². The first kappa shape index (κ1) is 13.0. The molecule has 0 heterocycles. The van der Waals surface area contributed by atoms with Crippen molar-refractivity contribution in [1.82, 2.24) is 5.32 Å². The van der Waals surface area contributed by atoms with Crippen LogP contribution in [0.3, 0.4) is 0 Å². The van der Waals surface area contributed by atoms with Gasteiger partial charge in [-0.2, -0.15) is 0 Å². The van der Waals surface area contributed by atoms with Gasteiger partial charge < -0.3 is 10.1 Å². The Labute approximate surface area is 94.8 Å². The molecule has 0 aliphatic heterocycles. The van der Waals surface area contributed by atoms with Crippen LogP contribution in [-0.4, -0.2) is 26.3 Å². The molecule has 1 fully saturated rings. The Morgan fingerprint density at radius 2 is 1.93 bits per heavy atom. The van der Waals surface area contributed by atoms with E-state index in [1.807, 2.05) is 0 Å². The summed E-state index contributed by atoms with van der Waals surface area (Å²) in [4.78, 5) is 0. The molecule has 2 nitrogen and oxygen atoms in total. The van der Waals surface area contributed by atoms with Crippen LogP contribution < -0.4 is 5.32 Å². The molecule has 0 aromatic carbocycles. The van der Waals surface area contributed by atoms with Gasteiger partial charge in [-0.15, -0.1) is 0 Å². The second-order valence-corrected chi connectivity index (χ2v) is 4.99. The summed E-state index contributed by atoms with van der Waals surface area (Å²) >= 11 is 0. The number of rotatable bonds is 6. The molecule has 1 aliphatic carbocycles. The van der Waals surface area contributed by atoms with Gasteiger partial charge in [-0.25, -0.2) is 0 Å². The van der Waals surface area contributed by atoms with E-state index in [0.717, 1.165) is 31.5 Å². The summed E-state index contributed by atoms with van der Waals surface area (Å²) in [6.45, 7) is 6.33. The third-order valence-corrected chi connectivity index (χ3v) is 3.65. The van der Waals surface area contributed by atoms with E-state index >= 15 is 0 Å². The average molecular weight is 213 g/mol. The highest BCUT2D eigenvalue weighted by Gasteiger charge is 2.24. The van der Waals surface area contributed by atoms with Crippen LogP contribution in [0.5, 0.6) is 0 Å². The van der Waals surface area contributed by atoms with Gasteiger partial charge in [0.05, 0.1) is 6.61 Å². The highest BCUT2D eigenvalue weighted by atomic mass is 16.5. The van der Waals surface area contributed by atoms with E-state index in [0.29, 0.717) is 6.04 Å². The van der Waals surface area contributed by atoms with Crippen molar-refractivity contribution in [3.8, 4) is 0 Å². The number of ether oxygens (including phenoxy) is 1. The summed E-state index contributed by atoms with van der Waals surface area (Å²) in [5.74, 6) is 1.78. The highest BCUT2D eigenvalue weighted by molar-refractivity contribution is 4.79. The number of hydrogen-bond acceptors (Lipinski definition) is 2. The molecular weight excluding hydrogens is 186 g/mol. The van der Waals surface area contributed by atoms with E-state index in [-0.39, 0.29) is 0 Å². The van der Waals surface area contributed by atoms with E-state index < -0.39 is 0 Å². The Bertz CT molecular complexity index is 153. The van der Waals surface area contributed by atoms with Crippen molar-refractivity contribution in [2.75, 3.05) is 20.3 Å².